The van der Waals surface area contributed by atoms with Crippen LogP contribution in [0.4, 0.5) is 5.82 Å². The van der Waals surface area contributed by atoms with Crippen LogP contribution in [0, 0.1) is 5.92 Å². The van der Waals surface area contributed by atoms with Gasteiger partial charge in [0.2, 0.25) is 0 Å². The fourth-order valence-electron chi connectivity index (χ4n) is 3.20. The second-order valence-corrected chi connectivity index (χ2v) is 5.83. The maximum absolute atomic E-state index is 4.49. The number of aryl methyl sites for hydroxylation is 1. The summed E-state index contributed by atoms with van der Waals surface area (Å²) in [5.74, 6) is 2.89. The minimum absolute atomic E-state index is 0.660. The van der Waals surface area contributed by atoms with Crippen molar-refractivity contribution in [1.82, 2.24) is 19.5 Å². The molecule has 112 valence electrons. The second-order valence-electron chi connectivity index (χ2n) is 5.83. The van der Waals surface area contributed by atoms with Crippen LogP contribution in [0.2, 0.25) is 0 Å². The topological polar surface area (TPSA) is 46.8 Å². The molecule has 0 amide bonds. The maximum Gasteiger partial charge on any atom is 0.139 e. The highest BCUT2D eigenvalue weighted by Gasteiger charge is 2.29. The minimum Gasteiger partial charge on any atom is -0.355 e. The van der Waals surface area contributed by atoms with Gasteiger partial charge in [-0.15, -0.1) is 0 Å². The van der Waals surface area contributed by atoms with Gasteiger partial charge < -0.3 is 9.47 Å². The van der Waals surface area contributed by atoms with E-state index in [2.05, 4.69) is 43.6 Å². The lowest BCUT2D eigenvalue weighted by atomic mass is 9.99. The Kier molecular flexibility index (Phi) is 3.25. The number of benzene rings is 1. The second kappa shape index (κ2) is 5.40. The Balaban J connectivity index is 1.49. The molecule has 1 saturated heterocycles. The number of hydrogen-bond donors (Lipinski definition) is 0. The number of rotatable bonds is 4. The number of para-hydroxylation sites is 1. The van der Waals surface area contributed by atoms with Gasteiger partial charge in [-0.3, -0.25) is 0 Å². The molecule has 5 heteroatoms. The summed E-state index contributed by atoms with van der Waals surface area (Å²) in [5.41, 5.74) is 1.01. The third-order valence-electron chi connectivity index (χ3n) is 4.35. The lowest BCUT2D eigenvalue weighted by molar-refractivity contribution is 0.351. The summed E-state index contributed by atoms with van der Waals surface area (Å²) >= 11 is 0. The molecule has 0 aliphatic carbocycles. The standard InChI is InChI=1S/C17H19N5/c1-2-16-18-7-8-21(16)9-13-10-22(11-13)17-14-5-3-4-6-15(14)19-12-20-17/h3-8,12-13H,2,9-11H2,1H3. The van der Waals surface area contributed by atoms with Gasteiger partial charge in [0.1, 0.15) is 18.0 Å². The molecule has 0 spiro atoms. The lowest BCUT2D eigenvalue weighted by Gasteiger charge is -2.40. The van der Waals surface area contributed by atoms with E-state index in [1.807, 2.05) is 24.4 Å². The normalized spacial score (nSPS) is 15.2. The summed E-state index contributed by atoms with van der Waals surface area (Å²) in [6.07, 6.45) is 6.63. The Bertz CT molecular complexity index is 783. The molecule has 1 aliphatic rings. The monoisotopic (exact) mass is 293 g/mol. The van der Waals surface area contributed by atoms with Gasteiger partial charge in [-0.25, -0.2) is 15.0 Å². The summed E-state index contributed by atoms with van der Waals surface area (Å²) in [6, 6.07) is 8.20. The molecule has 1 fully saturated rings. The van der Waals surface area contributed by atoms with E-state index in [9.17, 15) is 0 Å². The van der Waals surface area contributed by atoms with E-state index in [0.29, 0.717) is 5.92 Å². The van der Waals surface area contributed by atoms with Crippen molar-refractivity contribution in [2.24, 2.45) is 5.92 Å². The largest absolute Gasteiger partial charge is 0.355 e. The molecule has 2 aromatic heterocycles. The van der Waals surface area contributed by atoms with E-state index in [4.69, 9.17) is 0 Å². The number of anilines is 1. The zero-order valence-corrected chi connectivity index (χ0v) is 12.7. The summed E-state index contributed by atoms with van der Waals surface area (Å²) < 4.78 is 2.28. The highest BCUT2D eigenvalue weighted by atomic mass is 15.3. The van der Waals surface area contributed by atoms with Gasteiger partial charge in [-0.1, -0.05) is 19.1 Å². The average Bonchev–Trinajstić information content (AvgIpc) is 2.97. The fourth-order valence-corrected chi connectivity index (χ4v) is 3.20. The zero-order valence-electron chi connectivity index (χ0n) is 12.7. The van der Waals surface area contributed by atoms with Crippen LogP contribution in [0.25, 0.3) is 10.9 Å². The van der Waals surface area contributed by atoms with Gasteiger partial charge in [0.05, 0.1) is 5.52 Å². The van der Waals surface area contributed by atoms with Gasteiger partial charge in [0.15, 0.2) is 0 Å². The van der Waals surface area contributed by atoms with Crippen LogP contribution in [0.1, 0.15) is 12.7 Å². The van der Waals surface area contributed by atoms with Gasteiger partial charge >= 0.3 is 0 Å². The molecule has 3 heterocycles. The molecular weight excluding hydrogens is 274 g/mol. The summed E-state index contributed by atoms with van der Waals surface area (Å²) in [4.78, 5) is 15.6. The van der Waals surface area contributed by atoms with Gasteiger partial charge in [0.25, 0.3) is 0 Å². The van der Waals surface area contributed by atoms with Gasteiger partial charge in [0, 0.05) is 49.8 Å². The first-order valence-corrected chi connectivity index (χ1v) is 7.80. The number of hydrogen-bond acceptors (Lipinski definition) is 4. The molecule has 22 heavy (non-hydrogen) atoms. The van der Waals surface area contributed by atoms with E-state index < -0.39 is 0 Å². The van der Waals surface area contributed by atoms with Crippen LogP contribution >= 0.6 is 0 Å². The molecule has 5 nitrogen and oxygen atoms in total. The third-order valence-corrected chi connectivity index (χ3v) is 4.35. The zero-order chi connectivity index (χ0) is 14.9. The minimum atomic E-state index is 0.660. The van der Waals surface area contributed by atoms with Crippen molar-refractivity contribution in [2.45, 2.75) is 19.9 Å². The molecule has 0 unspecified atom stereocenters. The number of imidazole rings is 1. The van der Waals surface area contributed by atoms with Crippen molar-refractivity contribution in [3.05, 3.63) is 48.8 Å². The number of nitrogens with zero attached hydrogens (tertiary/aromatic N) is 5. The Morgan fingerprint density at radius 2 is 2.00 bits per heavy atom. The fraction of sp³-hybridized carbons (Fsp3) is 0.353. The van der Waals surface area contributed by atoms with E-state index in [-0.39, 0.29) is 0 Å². The van der Waals surface area contributed by atoms with E-state index in [0.717, 1.165) is 42.8 Å². The summed E-state index contributed by atoms with van der Waals surface area (Å²) in [5, 5.41) is 1.14. The SMILES string of the molecule is CCc1nccn1CC1CN(c2ncnc3ccccc23)C1. The van der Waals surface area contributed by atoms with Crippen LogP contribution in [0.3, 0.4) is 0 Å². The smallest absolute Gasteiger partial charge is 0.139 e. The first-order chi connectivity index (χ1) is 10.8. The van der Waals surface area contributed by atoms with Crippen molar-refractivity contribution in [2.75, 3.05) is 18.0 Å². The molecule has 0 atom stereocenters. The van der Waals surface area contributed by atoms with Crippen LogP contribution < -0.4 is 4.90 Å². The molecule has 3 aromatic rings. The Labute approximate surface area is 129 Å². The van der Waals surface area contributed by atoms with Crippen molar-refractivity contribution in [3.63, 3.8) is 0 Å². The Hall–Kier alpha value is -2.43. The van der Waals surface area contributed by atoms with Crippen molar-refractivity contribution in [3.8, 4) is 0 Å². The Morgan fingerprint density at radius 3 is 2.86 bits per heavy atom. The van der Waals surface area contributed by atoms with Crippen LogP contribution in [-0.4, -0.2) is 32.6 Å². The van der Waals surface area contributed by atoms with Crippen LogP contribution in [0.5, 0.6) is 0 Å². The molecule has 0 saturated carbocycles. The molecular formula is C17H19N5. The first-order valence-electron chi connectivity index (χ1n) is 7.80. The highest BCUT2D eigenvalue weighted by Crippen LogP contribution is 2.29. The predicted octanol–water partition coefficient (Wildman–Crippen LogP) is 2.53. The van der Waals surface area contributed by atoms with Gasteiger partial charge in [-0.05, 0) is 12.1 Å². The first kappa shape index (κ1) is 13.2. The highest BCUT2D eigenvalue weighted by molar-refractivity contribution is 5.89. The van der Waals surface area contributed by atoms with Crippen molar-refractivity contribution in [1.29, 1.82) is 0 Å². The van der Waals surface area contributed by atoms with Gasteiger partial charge in [-0.2, -0.15) is 0 Å². The molecule has 0 radical (unpaired) electrons. The summed E-state index contributed by atoms with van der Waals surface area (Å²) in [6.45, 7) is 5.28. The average molecular weight is 293 g/mol. The Morgan fingerprint density at radius 1 is 1.14 bits per heavy atom. The molecule has 0 N–H and O–H groups in total. The van der Waals surface area contributed by atoms with Crippen LogP contribution in [-0.2, 0) is 13.0 Å². The third kappa shape index (κ3) is 2.22. The predicted molar refractivity (Wildman–Crippen MR) is 86.8 cm³/mol. The number of fused-ring (bicyclic) bond motifs is 1. The molecule has 4 rings (SSSR count). The molecule has 1 aliphatic heterocycles. The van der Waals surface area contributed by atoms with Crippen molar-refractivity contribution < 1.29 is 0 Å². The van der Waals surface area contributed by atoms with E-state index in [1.165, 1.54) is 5.82 Å². The van der Waals surface area contributed by atoms with Crippen LogP contribution in [0.15, 0.2) is 43.0 Å². The quantitative estimate of drug-likeness (QED) is 0.741. The van der Waals surface area contributed by atoms with E-state index >= 15 is 0 Å². The van der Waals surface area contributed by atoms with E-state index in [1.54, 1.807) is 6.33 Å². The maximum atomic E-state index is 4.49. The molecule has 1 aromatic carbocycles. The lowest BCUT2D eigenvalue weighted by Crippen LogP contribution is -2.49. The summed E-state index contributed by atoms with van der Waals surface area (Å²) in [7, 11) is 0. The number of aromatic nitrogens is 4. The molecule has 0 bridgehead atoms. The van der Waals surface area contributed by atoms with Crippen molar-refractivity contribution >= 4 is 16.7 Å².